The molecule has 0 spiro atoms. The van der Waals surface area contributed by atoms with Gasteiger partial charge in [-0.2, -0.15) is 0 Å². The number of carbonyl (C=O) groups excluding carboxylic acids is 2. The van der Waals surface area contributed by atoms with Gasteiger partial charge in [0.25, 0.3) is 0 Å². The van der Waals surface area contributed by atoms with Crippen molar-refractivity contribution in [3.63, 3.8) is 0 Å². The van der Waals surface area contributed by atoms with Crippen LogP contribution in [0.25, 0.3) is 0 Å². The molecule has 3 rings (SSSR count). The van der Waals surface area contributed by atoms with Crippen molar-refractivity contribution in [1.29, 1.82) is 0 Å². The molecule has 0 atom stereocenters. The van der Waals surface area contributed by atoms with E-state index in [4.69, 9.17) is 11.6 Å². The van der Waals surface area contributed by atoms with Crippen LogP contribution in [0, 0.1) is 17.5 Å². The van der Waals surface area contributed by atoms with Gasteiger partial charge in [0.05, 0.1) is 29.4 Å². The highest BCUT2D eigenvalue weighted by atomic mass is 35.5. The fourth-order valence-corrected chi connectivity index (χ4v) is 4.19. The van der Waals surface area contributed by atoms with Gasteiger partial charge in [-0.15, -0.1) is 11.3 Å². The Kier molecular flexibility index (Phi) is 8.46. The van der Waals surface area contributed by atoms with E-state index in [-0.39, 0.29) is 18.9 Å². The molecule has 33 heavy (non-hydrogen) atoms. The summed E-state index contributed by atoms with van der Waals surface area (Å²) in [5, 5.41) is 5.44. The van der Waals surface area contributed by atoms with Gasteiger partial charge in [0.15, 0.2) is 17.5 Å². The van der Waals surface area contributed by atoms with Crippen LogP contribution >= 0.6 is 22.9 Å². The van der Waals surface area contributed by atoms with Crippen LogP contribution in [0.3, 0.4) is 0 Å². The van der Waals surface area contributed by atoms with Gasteiger partial charge >= 0.3 is 0 Å². The molecule has 0 aliphatic heterocycles. The minimum absolute atomic E-state index is 0.00113. The van der Waals surface area contributed by atoms with Gasteiger partial charge in [-0.3, -0.25) is 9.59 Å². The standard InChI is InChI=1S/C23H21ClF3N3O2S/c1-2-8-30(12-19(31)29-18-7-6-17(25)22(26)23(18)27)21(32)11-16-13-33-20(28-16)10-14-4-3-5-15(24)9-14/h3-7,9,13H,2,8,10-12H2,1H3,(H,29,31). The maximum Gasteiger partial charge on any atom is 0.244 e. The van der Waals surface area contributed by atoms with Crippen molar-refractivity contribution in [2.75, 3.05) is 18.4 Å². The molecule has 0 fully saturated rings. The lowest BCUT2D eigenvalue weighted by molar-refractivity contribution is -0.134. The van der Waals surface area contributed by atoms with E-state index < -0.39 is 29.0 Å². The van der Waals surface area contributed by atoms with Crippen molar-refractivity contribution >= 4 is 40.4 Å². The number of halogens is 4. The summed E-state index contributed by atoms with van der Waals surface area (Å²) in [7, 11) is 0. The number of rotatable bonds is 9. The maximum atomic E-state index is 13.8. The molecule has 1 N–H and O–H groups in total. The average Bonchev–Trinajstić information content (AvgIpc) is 3.20. The van der Waals surface area contributed by atoms with E-state index in [0.29, 0.717) is 36.2 Å². The van der Waals surface area contributed by atoms with Gasteiger partial charge in [0.1, 0.15) is 0 Å². The molecule has 5 nitrogen and oxygen atoms in total. The summed E-state index contributed by atoms with van der Waals surface area (Å²) >= 11 is 7.43. The van der Waals surface area contributed by atoms with E-state index >= 15 is 0 Å². The van der Waals surface area contributed by atoms with Crippen molar-refractivity contribution in [2.45, 2.75) is 26.2 Å². The smallest absolute Gasteiger partial charge is 0.244 e. The molecular weight excluding hydrogens is 475 g/mol. The number of benzene rings is 2. The lowest BCUT2D eigenvalue weighted by atomic mass is 10.2. The summed E-state index contributed by atoms with van der Waals surface area (Å²) < 4.78 is 40.3. The number of thiazole rings is 1. The normalized spacial score (nSPS) is 10.8. The summed E-state index contributed by atoms with van der Waals surface area (Å²) in [6.07, 6.45) is 1.18. The molecule has 0 unspecified atom stereocenters. The van der Waals surface area contributed by atoms with Crippen LogP contribution in [0.2, 0.25) is 5.02 Å². The van der Waals surface area contributed by atoms with Gasteiger partial charge in [-0.1, -0.05) is 30.7 Å². The highest BCUT2D eigenvalue weighted by molar-refractivity contribution is 7.09. The molecule has 0 radical (unpaired) electrons. The number of aromatic nitrogens is 1. The number of nitrogens with one attached hydrogen (secondary N) is 1. The number of hydrogen-bond acceptors (Lipinski definition) is 4. The highest BCUT2D eigenvalue weighted by Gasteiger charge is 2.20. The molecule has 0 aliphatic rings. The van der Waals surface area contributed by atoms with Crippen LogP contribution < -0.4 is 5.32 Å². The second-order valence-corrected chi connectivity index (χ2v) is 8.68. The van der Waals surface area contributed by atoms with Crippen LogP contribution in [-0.2, 0) is 22.4 Å². The summed E-state index contributed by atoms with van der Waals surface area (Å²) in [6.45, 7) is 1.79. The number of hydrogen-bond donors (Lipinski definition) is 1. The minimum Gasteiger partial charge on any atom is -0.333 e. The van der Waals surface area contributed by atoms with Gasteiger partial charge in [0.2, 0.25) is 11.8 Å². The number of anilines is 1. The molecule has 10 heteroatoms. The van der Waals surface area contributed by atoms with Crippen molar-refractivity contribution in [3.8, 4) is 0 Å². The average molecular weight is 496 g/mol. The monoisotopic (exact) mass is 495 g/mol. The molecule has 0 bridgehead atoms. The van der Waals surface area contributed by atoms with Crippen LogP contribution in [-0.4, -0.2) is 34.8 Å². The van der Waals surface area contributed by atoms with Gasteiger partial charge in [0, 0.05) is 23.4 Å². The lowest BCUT2D eigenvalue weighted by Gasteiger charge is -2.21. The fraction of sp³-hybridized carbons (Fsp3) is 0.261. The first-order chi connectivity index (χ1) is 15.8. The zero-order chi connectivity index (χ0) is 24.0. The van der Waals surface area contributed by atoms with E-state index in [1.165, 1.54) is 16.2 Å². The van der Waals surface area contributed by atoms with Gasteiger partial charge < -0.3 is 10.2 Å². The summed E-state index contributed by atoms with van der Waals surface area (Å²) in [6, 6.07) is 9.08. The minimum atomic E-state index is -1.67. The summed E-state index contributed by atoms with van der Waals surface area (Å²) in [5.41, 5.74) is 1.09. The van der Waals surface area contributed by atoms with Gasteiger partial charge in [-0.05, 0) is 36.2 Å². The number of amides is 2. The second-order valence-electron chi connectivity index (χ2n) is 7.30. The summed E-state index contributed by atoms with van der Waals surface area (Å²) in [4.78, 5) is 30.9. The highest BCUT2D eigenvalue weighted by Crippen LogP contribution is 2.20. The Morgan fingerprint density at radius 3 is 2.67 bits per heavy atom. The number of carbonyl (C=O) groups is 2. The molecule has 0 aliphatic carbocycles. The zero-order valence-corrected chi connectivity index (χ0v) is 19.3. The van der Waals surface area contributed by atoms with E-state index in [1.807, 2.05) is 25.1 Å². The Hall–Kier alpha value is -2.91. The quantitative estimate of drug-likeness (QED) is 0.414. The molecule has 0 saturated heterocycles. The third kappa shape index (κ3) is 6.79. The second kappa shape index (κ2) is 11.3. The molecule has 1 heterocycles. The largest absolute Gasteiger partial charge is 0.333 e. The van der Waals surface area contributed by atoms with Crippen molar-refractivity contribution < 1.29 is 22.8 Å². The Labute approximate surface area is 198 Å². The predicted octanol–water partition coefficient (Wildman–Crippen LogP) is 5.22. The summed E-state index contributed by atoms with van der Waals surface area (Å²) in [5.74, 6) is -5.57. The first-order valence-electron chi connectivity index (χ1n) is 10.2. The first-order valence-corrected chi connectivity index (χ1v) is 11.4. The lowest BCUT2D eigenvalue weighted by Crippen LogP contribution is -2.39. The van der Waals surface area contributed by atoms with E-state index in [2.05, 4.69) is 10.3 Å². The third-order valence-corrected chi connectivity index (χ3v) is 5.80. The first kappa shape index (κ1) is 24.7. The van der Waals surface area contributed by atoms with E-state index in [0.717, 1.165) is 16.6 Å². The third-order valence-electron chi connectivity index (χ3n) is 4.67. The van der Waals surface area contributed by atoms with Crippen molar-refractivity contribution in [2.24, 2.45) is 0 Å². The van der Waals surface area contributed by atoms with Crippen LogP contribution in [0.5, 0.6) is 0 Å². The predicted molar refractivity (Wildman–Crippen MR) is 122 cm³/mol. The number of nitrogens with zero attached hydrogens (tertiary/aromatic N) is 2. The Morgan fingerprint density at radius 1 is 1.15 bits per heavy atom. The molecule has 174 valence electrons. The molecular formula is C23H21ClF3N3O2S. The fourth-order valence-electron chi connectivity index (χ4n) is 3.15. The van der Waals surface area contributed by atoms with Crippen molar-refractivity contribution in [3.05, 3.63) is 80.5 Å². The molecule has 3 aromatic rings. The van der Waals surface area contributed by atoms with E-state index in [1.54, 1.807) is 11.4 Å². The SMILES string of the molecule is CCCN(CC(=O)Nc1ccc(F)c(F)c1F)C(=O)Cc1csc(Cc2cccc(Cl)c2)n1. The molecule has 1 aromatic heterocycles. The zero-order valence-electron chi connectivity index (χ0n) is 17.7. The molecule has 2 amide bonds. The molecule has 2 aromatic carbocycles. The maximum absolute atomic E-state index is 13.8. The Morgan fingerprint density at radius 2 is 1.94 bits per heavy atom. The van der Waals surface area contributed by atoms with Crippen LogP contribution in [0.1, 0.15) is 29.6 Å². The van der Waals surface area contributed by atoms with Crippen LogP contribution in [0.15, 0.2) is 41.8 Å². The Bertz CT molecular complexity index is 1160. The van der Waals surface area contributed by atoms with Gasteiger partial charge in [-0.25, -0.2) is 18.2 Å². The Balaban J connectivity index is 1.61. The van der Waals surface area contributed by atoms with E-state index in [9.17, 15) is 22.8 Å². The van der Waals surface area contributed by atoms with Crippen molar-refractivity contribution in [1.82, 2.24) is 9.88 Å². The van der Waals surface area contributed by atoms with Crippen LogP contribution in [0.4, 0.5) is 18.9 Å². The molecule has 0 saturated carbocycles. The topological polar surface area (TPSA) is 62.3 Å².